The van der Waals surface area contributed by atoms with Gasteiger partial charge in [-0.3, -0.25) is 4.79 Å². The number of ether oxygens (including phenoxy) is 2. The maximum Gasteiger partial charge on any atom is 0.310 e. The van der Waals surface area contributed by atoms with Crippen molar-refractivity contribution in [2.75, 3.05) is 44.8 Å². The average Bonchev–Trinajstić information content (AvgIpc) is 3.27. The lowest BCUT2D eigenvalue weighted by molar-refractivity contribution is -0.142. The lowest BCUT2D eigenvalue weighted by Crippen LogP contribution is -2.49. The van der Waals surface area contributed by atoms with Crippen LogP contribution in [0.2, 0.25) is 5.02 Å². The van der Waals surface area contributed by atoms with E-state index < -0.39 is 10.0 Å². The van der Waals surface area contributed by atoms with Crippen LogP contribution in [0.15, 0.2) is 29.4 Å². The van der Waals surface area contributed by atoms with E-state index in [1.165, 1.54) is 29.9 Å². The number of halogens is 1. The fourth-order valence-corrected chi connectivity index (χ4v) is 5.83. The topological polar surface area (TPSA) is 119 Å². The number of hydrogen-bond acceptors (Lipinski definition) is 9. The third-order valence-corrected chi connectivity index (χ3v) is 7.77. The number of aryl methyl sites for hydroxylation is 1. The minimum atomic E-state index is -3.83. The van der Waals surface area contributed by atoms with Crippen molar-refractivity contribution in [1.29, 1.82) is 0 Å². The summed E-state index contributed by atoms with van der Waals surface area (Å²) in [4.78, 5) is 22.9. The third kappa shape index (κ3) is 4.52. The molecule has 1 aliphatic heterocycles. The highest BCUT2D eigenvalue weighted by Crippen LogP contribution is 2.31. The van der Waals surface area contributed by atoms with Crippen molar-refractivity contribution in [2.45, 2.75) is 25.2 Å². The summed E-state index contributed by atoms with van der Waals surface area (Å²) in [6.45, 7) is 5.00. The molecule has 182 valence electrons. The molecule has 0 aliphatic carbocycles. The normalized spacial score (nSPS) is 15.0. The zero-order valence-electron chi connectivity index (χ0n) is 19.1. The van der Waals surface area contributed by atoms with Gasteiger partial charge < -0.3 is 14.4 Å². The first-order valence-electron chi connectivity index (χ1n) is 10.7. The molecule has 3 aromatic rings. The molecule has 0 amide bonds. The van der Waals surface area contributed by atoms with Gasteiger partial charge in [0.15, 0.2) is 0 Å². The van der Waals surface area contributed by atoms with E-state index >= 15 is 0 Å². The van der Waals surface area contributed by atoms with Crippen LogP contribution in [-0.4, -0.2) is 78.2 Å². The van der Waals surface area contributed by atoms with Crippen molar-refractivity contribution in [3.63, 3.8) is 0 Å². The summed E-state index contributed by atoms with van der Waals surface area (Å²) in [6.07, 6.45) is 1.42. The quantitative estimate of drug-likeness (QED) is 0.439. The van der Waals surface area contributed by atoms with Gasteiger partial charge in [0.05, 0.1) is 20.1 Å². The van der Waals surface area contributed by atoms with Gasteiger partial charge in [-0.05, 0) is 32.0 Å². The van der Waals surface area contributed by atoms with E-state index in [1.807, 2.05) is 4.90 Å². The fraction of sp³-hybridized carbons (Fsp3) is 0.429. The van der Waals surface area contributed by atoms with Crippen LogP contribution in [0.5, 0.6) is 5.75 Å². The second-order valence-electron chi connectivity index (χ2n) is 7.64. The molecule has 1 aliphatic rings. The van der Waals surface area contributed by atoms with Crippen LogP contribution >= 0.6 is 11.6 Å². The van der Waals surface area contributed by atoms with Crippen LogP contribution in [0.25, 0.3) is 5.78 Å². The van der Waals surface area contributed by atoms with E-state index in [9.17, 15) is 13.2 Å². The molecule has 3 heterocycles. The Balaban J connectivity index is 1.64. The molecule has 13 heteroatoms. The number of nitrogens with zero attached hydrogens (tertiary/aromatic N) is 6. The molecule has 0 saturated carbocycles. The highest BCUT2D eigenvalue weighted by Gasteiger charge is 2.33. The van der Waals surface area contributed by atoms with Gasteiger partial charge in [-0.1, -0.05) is 11.6 Å². The van der Waals surface area contributed by atoms with Crippen molar-refractivity contribution in [2.24, 2.45) is 0 Å². The van der Waals surface area contributed by atoms with Gasteiger partial charge in [-0.25, -0.2) is 13.4 Å². The number of aromatic nitrogens is 4. The zero-order valence-corrected chi connectivity index (χ0v) is 20.6. The SMILES string of the molecule is CCOC(=O)Cc1c(C)nc2ncnn2c1N1CCN(S(=O)(=O)c2cc(Cl)ccc2OC)CC1. The summed E-state index contributed by atoms with van der Waals surface area (Å²) in [6, 6.07) is 4.51. The Morgan fingerprint density at radius 1 is 1.21 bits per heavy atom. The Kier molecular flexibility index (Phi) is 6.91. The van der Waals surface area contributed by atoms with Gasteiger partial charge in [0.25, 0.3) is 5.78 Å². The van der Waals surface area contributed by atoms with E-state index in [2.05, 4.69) is 15.1 Å². The summed E-state index contributed by atoms with van der Waals surface area (Å²) < 4.78 is 40.0. The van der Waals surface area contributed by atoms with Gasteiger partial charge in [0, 0.05) is 42.5 Å². The van der Waals surface area contributed by atoms with E-state index in [0.717, 1.165) is 0 Å². The summed E-state index contributed by atoms with van der Waals surface area (Å²) in [7, 11) is -2.42. The zero-order chi connectivity index (χ0) is 24.5. The number of sulfonamides is 1. The van der Waals surface area contributed by atoms with Crippen molar-refractivity contribution in [3.05, 3.63) is 40.8 Å². The Morgan fingerprint density at radius 2 is 1.94 bits per heavy atom. The van der Waals surface area contributed by atoms with Crippen molar-refractivity contribution < 1.29 is 22.7 Å². The van der Waals surface area contributed by atoms with Crippen LogP contribution in [0.3, 0.4) is 0 Å². The number of benzene rings is 1. The minimum absolute atomic E-state index is 0.0238. The largest absolute Gasteiger partial charge is 0.495 e. The van der Waals surface area contributed by atoms with Gasteiger partial charge in [0.1, 0.15) is 22.8 Å². The van der Waals surface area contributed by atoms with Crippen LogP contribution in [-0.2, 0) is 26.0 Å². The van der Waals surface area contributed by atoms with E-state index in [0.29, 0.717) is 41.0 Å². The molecule has 1 fully saturated rings. The number of fused-ring (bicyclic) bond motifs is 1. The third-order valence-electron chi connectivity index (χ3n) is 5.61. The smallest absolute Gasteiger partial charge is 0.310 e. The molecule has 34 heavy (non-hydrogen) atoms. The number of methoxy groups -OCH3 is 1. The number of anilines is 1. The van der Waals surface area contributed by atoms with Crippen molar-refractivity contribution in [3.8, 4) is 5.75 Å². The van der Waals surface area contributed by atoms with Crippen molar-refractivity contribution in [1.82, 2.24) is 23.9 Å². The predicted octanol–water partition coefficient (Wildman–Crippen LogP) is 1.71. The molecule has 1 saturated heterocycles. The molecule has 0 bridgehead atoms. The van der Waals surface area contributed by atoms with Gasteiger partial charge in [-0.15, -0.1) is 0 Å². The predicted molar refractivity (Wildman–Crippen MR) is 125 cm³/mol. The van der Waals surface area contributed by atoms with Crippen LogP contribution in [0.4, 0.5) is 5.82 Å². The Labute approximate surface area is 202 Å². The molecule has 0 unspecified atom stereocenters. The van der Waals surface area contributed by atoms with E-state index in [-0.39, 0.29) is 42.7 Å². The molecular weight excluding hydrogens is 484 g/mol. The number of rotatable bonds is 7. The summed E-state index contributed by atoms with van der Waals surface area (Å²) in [5.74, 6) is 0.921. The summed E-state index contributed by atoms with van der Waals surface area (Å²) in [5.41, 5.74) is 1.31. The highest BCUT2D eigenvalue weighted by molar-refractivity contribution is 7.89. The Hall–Kier alpha value is -2.96. The lowest BCUT2D eigenvalue weighted by Gasteiger charge is -2.36. The van der Waals surface area contributed by atoms with Crippen LogP contribution < -0.4 is 9.64 Å². The maximum atomic E-state index is 13.3. The lowest BCUT2D eigenvalue weighted by atomic mass is 10.1. The number of esters is 1. The van der Waals surface area contributed by atoms with E-state index in [4.69, 9.17) is 21.1 Å². The first kappa shape index (κ1) is 24.2. The molecule has 0 atom stereocenters. The van der Waals surface area contributed by atoms with Gasteiger partial charge in [0.2, 0.25) is 10.0 Å². The molecule has 0 radical (unpaired) electrons. The number of hydrogen-bond donors (Lipinski definition) is 0. The first-order valence-corrected chi connectivity index (χ1v) is 12.5. The molecular formula is C21H25ClN6O5S. The Bertz CT molecular complexity index is 1320. The standard InChI is InChI=1S/C21H25ClN6O5S/c1-4-33-19(29)12-16-14(2)25-21-23-13-24-28(21)20(16)26-7-9-27(10-8-26)34(30,31)18-11-15(22)5-6-17(18)32-3/h5-6,11,13H,4,7-10,12H2,1-3H3. The maximum absolute atomic E-state index is 13.3. The molecule has 4 rings (SSSR count). The number of carbonyl (C=O) groups is 1. The molecule has 1 aromatic carbocycles. The summed E-state index contributed by atoms with van der Waals surface area (Å²) in [5, 5.41) is 4.59. The molecule has 0 spiro atoms. The highest BCUT2D eigenvalue weighted by atomic mass is 35.5. The van der Waals surface area contributed by atoms with Crippen molar-refractivity contribution >= 4 is 39.2 Å². The Morgan fingerprint density at radius 3 is 2.62 bits per heavy atom. The van der Waals surface area contributed by atoms with Crippen LogP contribution in [0, 0.1) is 6.92 Å². The minimum Gasteiger partial charge on any atom is -0.495 e. The second kappa shape index (κ2) is 9.72. The summed E-state index contributed by atoms with van der Waals surface area (Å²) >= 11 is 6.06. The fourth-order valence-electron chi connectivity index (χ4n) is 3.99. The molecule has 11 nitrogen and oxygen atoms in total. The second-order valence-corrected chi connectivity index (χ2v) is 9.98. The van der Waals surface area contributed by atoms with Gasteiger partial charge in [-0.2, -0.15) is 18.9 Å². The molecule has 2 aromatic heterocycles. The van der Waals surface area contributed by atoms with E-state index in [1.54, 1.807) is 24.4 Å². The number of piperazine rings is 1. The van der Waals surface area contributed by atoms with Gasteiger partial charge >= 0.3 is 5.97 Å². The number of carbonyl (C=O) groups excluding carboxylic acids is 1. The van der Waals surface area contributed by atoms with Crippen LogP contribution in [0.1, 0.15) is 18.2 Å². The monoisotopic (exact) mass is 508 g/mol. The molecule has 0 N–H and O–H groups in total. The average molecular weight is 509 g/mol. The first-order chi connectivity index (χ1) is 16.3.